The number of halogens is 5. The van der Waals surface area contributed by atoms with Crippen LogP contribution in [0.4, 0.5) is 22.0 Å². The van der Waals surface area contributed by atoms with Gasteiger partial charge < -0.3 is 14.6 Å². The number of aromatic nitrogens is 6. The largest absolute Gasteiger partial charge is 0.433 e. The van der Waals surface area contributed by atoms with Crippen LogP contribution in [-0.4, -0.2) is 55.1 Å². The van der Waals surface area contributed by atoms with Gasteiger partial charge in [0.2, 0.25) is 0 Å². The average Bonchev–Trinajstić information content (AvgIpc) is 3.44. The zero-order chi connectivity index (χ0) is 27.6. The number of alkyl halides is 5. The van der Waals surface area contributed by atoms with E-state index in [1.54, 1.807) is 19.3 Å². The normalized spacial score (nSPS) is 19.6. The predicted molar refractivity (Wildman–Crippen MR) is 131 cm³/mol. The highest BCUT2D eigenvalue weighted by molar-refractivity contribution is 5.94. The van der Waals surface area contributed by atoms with Crippen molar-refractivity contribution in [2.45, 2.75) is 55.8 Å². The number of fused-ring (bicyclic) bond motifs is 1. The molecule has 2 aliphatic rings. The summed E-state index contributed by atoms with van der Waals surface area (Å²) >= 11 is 0. The number of H-pyrrole nitrogens is 1. The van der Waals surface area contributed by atoms with Crippen LogP contribution < -0.4 is 5.32 Å². The van der Waals surface area contributed by atoms with Crippen molar-refractivity contribution in [3.63, 3.8) is 0 Å². The van der Waals surface area contributed by atoms with Crippen LogP contribution in [0.15, 0.2) is 36.7 Å². The van der Waals surface area contributed by atoms with Crippen molar-refractivity contribution < 1.29 is 26.7 Å². The maximum Gasteiger partial charge on any atom is 0.433 e. The summed E-state index contributed by atoms with van der Waals surface area (Å²) in [6.07, 6.45) is -3.21. The molecule has 4 heterocycles. The van der Waals surface area contributed by atoms with Gasteiger partial charge in [0.1, 0.15) is 23.5 Å². The number of hydrogen-bond donors (Lipinski definition) is 2. The Bertz CT molecular complexity index is 1520. The van der Waals surface area contributed by atoms with Crippen LogP contribution in [0.3, 0.4) is 0 Å². The number of benzene rings is 1. The summed E-state index contributed by atoms with van der Waals surface area (Å²) in [5.74, 6) is -1.96. The Labute approximate surface area is 220 Å². The third-order valence-corrected chi connectivity index (χ3v) is 7.67. The summed E-state index contributed by atoms with van der Waals surface area (Å²) < 4.78 is 75.8. The zero-order valence-corrected chi connectivity index (χ0v) is 21.2. The smallest absolute Gasteiger partial charge is 0.379 e. The molecule has 1 aliphatic heterocycles. The van der Waals surface area contributed by atoms with Crippen molar-refractivity contribution in [3.05, 3.63) is 59.4 Å². The first-order valence-corrected chi connectivity index (χ1v) is 12.6. The number of aryl methyl sites for hydroxylation is 1. The van der Waals surface area contributed by atoms with Gasteiger partial charge in [0, 0.05) is 54.8 Å². The van der Waals surface area contributed by atoms with Crippen LogP contribution in [0.2, 0.25) is 0 Å². The molecule has 1 saturated heterocycles. The number of pyridine rings is 1. The maximum atomic E-state index is 13.9. The molecule has 0 spiro atoms. The van der Waals surface area contributed by atoms with E-state index >= 15 is 0 Å². The molecule has 13 heteroatoms. The number of nitrogens with zero attached hydrogens (tertiary/aromatic N) is 5. The van der Waals surface area contributed by atoms with Crippen molar-refractivity contribution in [3.8, 4) is 11.3 Å². The van der Waals surface area contributed by atoms with E-state index in [0.29, 0.717) is 36.4 Å². The minimum atomic E-state index is -4.70. The number of aromatic amines is 1. The summed E-state index contributed by atoms with van der Waals surface area (Å²) in [5.41, 5.74) is 0.922. The molecule has 3 aromatic heterocycles. The topological polar surface area (TPSA) is 93.5 Å². The highest BCUT2D eigenvalue weighted by Gasteiger charge is 2.46. The average molecular weight is 548 g/mol. The molecule has 0 radical (unpaired) electrons. The highest BCUT2D eigenvalue weighted by Crippen LogP contribution is 2.41. The lowest BCUT2D eigenvalue weighted by molar-refractivity contribution is -0.141. The fourth-order valence-corrected chi connectivity index (χ4v) is 5.42. The summed E-state index contributed by atoms with van der Waals surface area (Å²) in [6.45, 7) is 2.56. The third kappa shape index (κ3) is 4.67. The van der Waals surface area contributed by atoms with Crippen molar-refractivity contribution in [1.29, 1.82) is 0 Å². The summed E-state index contributed by atoms with van der Waals surface area (Å²) in [6, 6.07) is 7.28. The van der Waals surface area contributed by atoms with Crippen LogP contribution in [0, 0.1) is 0 Å². The standard InChI is InChI=1S/C26H26F5N7O/c1-14(33-17-8-25(27,28)9-17)21-23-18(7-19(34-21)26(29,30)31)22(36-37-23)15-4-3-5-16(6-15)24(11-39-12-24)10-20-35-32-13-38(20)2/h3-7,13-14,17,33H,8-12H2,1-2H3,(H,36,37)/t14-/m0/s1. The molecular weight excluding hydrogens is 521 g/mol. The molecule has 206 valence electrons. The van der Waals surface area contributed by atoms with Crippen molar-refractivity contribution >= 4 is 10.9 Å². The Kier molecular flexibility index (Phi) is 5.99. The second-order valence-electron chi connectivity index (χ2n) is 10.6. The van der Waals surface area contributed by atoms with E-state index in [1.807, 2.05) is 29.8 Å². The number of rotatable bonds is 7. The van der Waals surface area contributed by atoms with Gasteiger partial charge >= 0.3 is 6.18 Å². The van der Waals surface area contributed by atoms with Gasteiger partial charge in [0.15, 0.2) is 0 Å². The van der Waals surface area contributed by atoms with Crippen LogP contribution in [0.1, 0.15) is 48.6 Å². The molecule has 2 N–H and O–H groups in total. The lowest BCUT2D eigenvalue weighted by Gasteiger charge is -2.41. The first-order valence-electron chi connectivity index (χ1n) is 12.6. The lowest BCUT2D eigenvalue weighted by atomic mass is 9.75. The Morgan fingerprint density at radius 3 is 2.59 bits per heavy atom. The van der Waals surface area contributed by atoms with Crippen LogP contribution in [0.25, 0.3) is 22.2 Å². The Morgan fingerprint density at radius 2 is 1.97 bits per heavy atom. The van der Waals surface area contributed by atoms with E-state index in [2.05, 4.69) is 30.7 Å². The second kappa shape index (κ2) is 9.05. The molecule has 0 unspecified atom stereocenters. The highest BCUT2D eigenvalue weighted by atomic mass is 19.4. The first-order chi connectivity index (χ1) is 18.4. The summed E-state index contributed by atoms with van der Waals surface area (Å²) in [7, 11) is 1.87. The van der Waals surface area contributed by atoms with Crippen LogP contribution in [0.5, 0.6) is 0 Å². The molecular formula is C26H26F5N7O. The molecule has 2 fully saturated rings. The van der Waals surface area contributed by atoms with E-state index in [1.165, 1.54) is 0 Å². The van der Waals surface area contributed by atoms with E-state index < -0.39 is 29.9 Å². The Morgan fingerprint density at radius 1 is 1.21 bits per heavy atom. The van der Waals surface area contributed by atoms with Gasteiger partial charge in [0.25, 0.3) is 5.92 Å². The van der Waals surface area contributed by atoms with Gasteiger partial charge in [-0.15, -0.1) is 10.2 Å². The van der Waals surface area contributed by atoms with Gasteiger partial charge in [-0.2, -0.15) is 18.3 Å². The van der Waals surface area contributed by atoms with E-state index in [9.17, 15) is 22.0 Å². The van der Waals surface area contributed by atoms with Crippen molar-refractivity contribution in [2.75, 3.05) is 13.2 Å². The molecule has 6 rings (SSSR count). The fraction of sp³-hybridized carbons (Fsp3) is 0.462. The van der Waals surface area contributed by atoms with Gasteiger partial charge in [-0.3, -0.25) is 5.10 Å². The van der Waals surface area contributed by atoms with Crippen LogP contribution in [-0.2, 0) is 29.8 Å². The SMILES string of the molecule is C[C@H](NC1CC(F)(F)C1)c1nc(C(F)(F)F)cc2c(-c3cccc(C4(Cc5nncn5C)COC4)c3)n[nH]c12. The minimum Gasteiger partial charge on any atom is -0.379 e. The predicted octanol–water partition coefficient (Wildman–Crippen LogP) is 4.73. The van der Waals surface area contributed by atoms with Crippen LogP contribution >= 0.6 is 0 Å². The quantitative estimate of drug-likeness (QED) is 0.325. The Hall–Kier alpha value is -3.45. The first kappa shape index (κ1) is 25.8. The number of nitrogens with one attached hydrogen (secondary N) is 2. The molecule has 4 aromatic rings. The fourth-order valence-electron chi connectivity index (χ4n) is 5.42. The molecule has 0 bridgehead atoms. The minimum absolute atomic E-state index is 0.0797. The number of hydrogen-bond acceptors (Lipinski definition) is 6. The van der Waals surface area contributed by atoms with Gasteiger partial charge in [-0.25, -0.2) is 13.8 Å². The second-order valence-corrected chi connectivity index (χ2v) is 10.6. The van der Waals surface area contributed by atoms with Crippen molar-refractivity contribution in [1.82, 2.24) is 35.3 Å². The Balaban J connectivity index is 1.39. The van der Waals surface area contributed by atoms with E-state index in [0.717, 1.165) is 17.5 Å². The zero-order valence-electron chi connectivity index (χ0n) is 21.2. The molecule has 8 nitrogen and oxygen atoms in total. The molecule has 1 atom stereocenters. The van der Waals surface area contributed by atoms with Crippen molar-refractivity contribution in [2.24, 2.45) is 7.05 Å². The lowest BCUT2D eigenvalue weighted by Crippen LogP contribution is -2.49. The molecule has 1 aliphatic carbocycles. The molecule has 1 saturated carbocycles. The van der Waals surface area contributed by atoms with Gasteiger partial charge in [-0.05, 0) is 24.6 Å². The summed E-state index contributed by atoms with van der Waals surface area (Å²) in [4.78, 5) is 3.88. The van der Waals surface area contributed by atoms with Gasteiger partial charge in [-0.1, -0.05) is 18.2 Å². The maximum absolute atomic E-state index is 13.9. The van der Waals surface area contributed by atoms with Gasteiger partial charge in [0.05, 0.1) is 24.4 Å². The number of ether oxygens (including phenoxy) is 1. The monoisotopic (exact) mass is 547 g/mol. The van der Waals surface area contributed by atoms with E-state index in [-0.39, 0.29) is 29.3 Å². The van der Waals surface area contributed by atoms with E-state index in [4.69, 9.17) is 4.74 Å². The summed E-state index contributed by atoms with van der Waals surface area (Å²) in [5, 5.41) is 18.6. The molecule has 39 heavy (non-hydrogen) atoms. The molecule has 0 amide bonds. The third-order valence-electron chi connectivity index (χ3n) is 7.67. The molecule has 1 aromatic carbocycles.